The van der Waals surface area contributed by atoms with Crippen LogP contribution < -0.4 is 10.1 Å². The van der Waals surface area contributed by atoms with E-state index in [4.69, 9.17) is 9.47 Å². The van der Waals surface area contributed by atoms with Crippen LogP contribution in [0.4, 0.5) is 0 Å². The molecule has 0 radical (unpaired) electrons. The molecule has 0 saturated heterocycles. The molecule has 4 heteroatoms. The summed E-state index contributed by atoms with van der Waals surface area (Å²) in [6.07, 6.45) is 0.940. The first kappa shape index (κ1) is 17.5. The summed E-state index contributed by atoms with van der Waals surface area (Å²) >= 11 is 0. The number of methoxy groups -OCH3 is 1. The predicted molar refractivity (Wildman–Crippen MR) is 84.9 cm³/mol. The first-order valence-corrected chi connectivity index (χ1v) is 7.38. The average Bonchev–Trinajstić information content (AvgIpc) is 2.46. The van der Waals surface area contributed by atoms with Gasteiger partial charge in [-0.1, -0.05) is 13.0 Å². The Bertz CT molecular complexity index is 499. The molecule has 0 aliphatic rings. The van der Waals surface area contributed by atoms with E-state index < -0.39 is 5.54 Å². The molecule has 0 aliphatic carbocycles. The highest BCUT2D eigenvalue weighted by Crippen LogP contribution is 2.24. The van der Waals surface area contributed by atoms with Crippen LogP contribution in [-0.4, -0.2) is 31.8 Å². The van der Waals surface area contributed by atoms with E-state index in [1.807, 2.05) is 26.8 Å². The molecule has 0 aromatic heterocycles. The zero-order valence-electron chi connectivity index (χ0n) is 14.0. The van der Waals surface area contributed by atoms with E-state index in [-0.39, 0.29) is 12.6 Å². The molecule has 1 N–H and O–H groups in total. The Morgan fingerprint density at radius 3 is 2.52 bits per heavy atom. The van der Waals surface area contributed by atoms with Crippen molar-refractivity contribution in [3.8, 4) is 5.75 Å². The molecule has 0 bridgehead atoms. The van der Waals surface area contributed by atoms with E-state index in [9.17, 15) is 4.79 Å². The van der Waals surface area contributed by atoms with Crippen LogP contribution in [0.2, 0.25) is 0 Å². The van der Waals surface area contributed by atoms with Crippen LogP contribution in [0, 0.1) is 20.8 Å². The molecule has 0 saturated carbocycles. The molecule has 21 heavy (non-hydrogen) atoms. The lowest BCUT2D eigenvalue weighted by Crippen LogP contribution is -2.54. The smallest absolute Gasteiger partial charge is 0.329 e. The van der Waals surface area contributed by atoms with Gasteiger partial charge in [0.1, 0.15) is 17.9 Å². The van der Waals surface area contributed by atoms with Crippen molar-refractivity contribution >= 4 is 5.97 Å². The summed E-state index contributed by atoms with van der Waals surface area (Å²) in [4.78, 5) is 12.0. The molecule has 0 aliphatic heterocycles. The fourth-order valence-electron chi connectivity index (χ4n) is 2.18. The van der Waals surface area contributed by atoms with E-state index in [0.29, 0.717) is 0 Å². The van der Waals surface area contributed by atoms with Crippen LogP contribution >= 0.6 is 0 Å². The van der Waals surface area contributed by atoms with Crippen LogP contribution in [-0.2, 0) is 9.53 Å². The van der Waals surface area contributed by atoms with Gasteiger partial charge in [-0.3, -0.25) is 5.32 Å². The molecule has 1 unspecified atom stereocenters. The van der Waals surface area contributed by atoms with Crippen molar-refractivity contribution in [2.24, 2.45) is 0 Å². The molecule has 1 aromatic carbocycles. The number of nitrogens with one attached hydrogen (secondary N) is 1. The summed E-state index contributed by atoms with van der Waals surface area (Å²) < 4.78 is 10.8. The Kier molecular flexibility index (Phi) is 6.21. The summed E-state index contributed by atoms with van der Waals surface area (Å²) in [5.41, 5.74) is 2.60. The monoisotopic (exact) mass is 293 g/mol. The van der Waals surface area contributed by atoms with E-state index in [2.05, 4.69) is 25.2 Å². The summed E-state index contributed by atoms with van der Waals surface area (Å²) in [6.45, 7) is 11.0. The lowest BCUT2D eigenvalue weighted by atomic mass is 10.0. The van der Waals surface area contributed by atoms with Crippen molar-refractivity contribution in [2.75, 3.05) is 20.3 Å². The lowest BCUT2D eigenvalue weighted by molar-refractivity contribution is -0.149. The molecule has 118 valence electrons. The Morgan fingerprint density at radius 1 is 1.29 bits per heavy atom. The zero-order valence-corrected chi connectivity index (χ0v) is 14.0. The minimum Gasteiger partial charge on any atom is -0.491 e. The SMILES string of the molecule is CCCNC(C)(COc1cc(C)cc(C)c1C)C(=O)OC. The van der Waals surface area contributed by atoms with Gasteiger partial charge in [-0.2, -0.15) is 0 Å². The largest absolute Gasteiger partial charge is 0.491 e. The van der Waals surface area contributed by atoms with Crippen LogP contribution in [0.25, 0.3) is 0 Å². The van der Waals surface area contributed by atoms with Gasteiger partial charge in [-0.05, 0) is 63.4 Å². The highest BCUT2D eigenvalue weighted by atomic mass is 16.5. The number of carbonyl (C=O) groups excluding carboxylic acids is 1. The Hall–Kier alpha value is -1.55. The molecule has 1 aromatic rings. The molecule has 1 atom stereocenters. The van der Waals surface area contributed by atoms with Crippen molar-refractivity contribution in [3.63, 3.8) is 0 Å². The average molecular weight is 293 g/mol. The van der Waals surface area contributed by atoms with Crippen LogP contribution in [0.5, 0.6) is 5.75 Å². The molecule has 0 heterocycles. The lowest BCUT2D eigenvalue weighted by Gasteiger charge is -2.28. The van der Waals surface area contributed by atoms with E-state index in [0.717, 1.165) is 29.8 Å². The number of esters is 1. The van der Waals surface area contributed by atoms with Crippen LogP contribution in [0.1, 0.15) is 37.0 Å². The van der Waals surface area contributed by atoms with Crippen molar-refractivity contribution in [1.82, 2.24) is 5.32 Å². The minimum absolute atomic E-state index is 0.239. The number of hydrogen-bond acceptors (Lipinski definition) is 4. The normalized spacial score (nSPS) is 13.6. The van der Waals surface area contributed by atoms with Crippen LogP contribution in [0.15, 0.2) is 12.1 Å². The van der Waals surface area contributed by atoms with Gasteiger partial charge in [0.2, 0.25) is 0 Å². The van der Waals surface area contributed by atoms with E-state index in [1.54, 1.807) is 0 Å². The maximum Gasteiger partial charge on any atom is 0.329 e. The third-order valence-electron chi connectivity index (χ3n) is 3.68. The maximum atomic E-state index is 12.0. The topological polar surface area (TPSA) is 47.6 Å². The molecule has 0 fully saturated rings. The molecular formula is C17H27NO3. The highest BCUT2D eigenvalue weighted by molar-refractivity contribution is 5.80. The van der Waals surface area contributed by atoms with Gasteiger partial charge in [0.15, 0.2) is 0 Å². The second-order valence-corrected chi connectivity index (χ2v) is 5.74. The quantitative estimate of drug-likeness (QED) is 0.785. The number of rotatable bonds is 7. The Morgan fingerprint density at radius 2 is 1.95 bits per heavy atom. The second kappa shape index (κ2) is 7.46. The van der Waals surface area contributed by atoms with Crippen molar-refractivity contribution in [1.29, 1.82) is 0 Å². The van der Waals surface area contributed by atoms with E-state index >= 15 is 0 Å². The number of benzene rings is 1. The van der Waals surface area contributed by atoms with Gasteiger partial charge in [0, 0.05) is 0 Å². The summed E-state index contributed by atoms with van der Waals surface area (Å²) in [5, 5.41) is 3.22. The fraction of sp³-hybridized carbons (Fsp3) is 0.588. The van der Waals surface area contributed by atoms with Gasteiger partial charge < -0.3 is 9.47 Å². The second-order valence-electron chi connectivity index (χ2n) is 5.74. The fourth-order valence-corrected chi connectivity index (χ4v) is 2.18. The first-order chi connectivity index (χ1) is 9.84. The Labute approximate surface area is 127 Å². The third kappa shape index (κ3) is 4.46. The highest BCUT2D eigenvalue weighted by Gasteiger charge is 2.35. The summed E-state index contributed by atoms with van der Waals surface area (Å²) in [5.74, 6) is 0.513. The molecule has 4 nitrogen and oxygen atoms in total. The molecule has 1 rings (SSSR count). The number of aryl methyl sites for hydroxylation is 2. The molecular weight excluding hydrogens is 266 g/mol. The van der Waals surface area contributed by atoms with Gasteiger partial charge >= 0.3 is 5.97 Å². The number of carbonyl (C=O) groups is 1. The van der Waals surface area contributed by atoms with Crippen molar-refractivity contribution in [3.05, 3.63) is 28.8 Å². The predicted octanol–water partition coefficient (Wildman–Crippen LogP) is 2.92. The van der Waals surface area contributed by atoms with Crippen molar-refractivity contribution < 1.29 is 14.3 Å². The number of ether oxygens (including phenoxy) is 2. The number of hydrogen-bond donors (Lipinski definition) is 1. The summed E-state index contributed by atoms with van der Waals surface area (Å²) in [7, 11) is 1.40. The van der Waals surface area contributed by atoms with E-state index in [1.165, 1.54) is 12.7 Å². The molecule has 0 amide bonds. The van der Waals surface area contributed by atoms with Gasteiger partial charge in [0.05, 0.1) is 7.11 Å². The maximum absolute atomic E-state index is 12.0. The summed E-state index contributed by atoms with van der Waals surface area (Å²) in [6, 6.07) is 4.12. The first-order valence-electron chi connectivity index (χ1n) is 7.38. The van der Waals surface area contributed by atoms with Crippen LogP contribution in [0.3, 0.4) is 0 Å². The molecule has 0 spiro atoms. The third-order valence-corrected chi connectivity index (χ3v) is 3.68. The minimum atomic E-state index is -0.838. The van der Waals surface area contributed by atoms with Gasteiger partial charge in [-0.15, -0.1) is 0 Å². The van der Waals surface area contributed by atoms with Gasteiger partial charge in [0.25, 0.3) is 0 Å². The Balaban J connectivity index is 2.89. The zero-order chi connectivity index (χ0) is 16.0. The van der Waals surface area contributed by atoms with Gasteiger partial charge in [-0.25, -0.2) is 4.79 Å². The van der Waals surface area contributed by atoms with Crippen molar-refractivity contribution in [2.45, 2.75) is 46.6 Å². The standard InChI is InChI=1S/C17H27NO3/c1-7-8-18-17(5,16(19)20-6)11-21-15-10-12(2)9-13(3)14(15)4/h9-10,18H,7-8,11H2,1-6H3.